The van der Waals surface area contributed by atoms with Crippen molar-refractivity contribution in [3.63, 3.8) is 0 Å². The molecule has 0 aliphatic carbocycles. The lowest BCUT2D eigenvalue weighted by molar-refractivity contribution is -0.142. The molecule has 6 heteroatoms. The number of carboxylic acids is 1. The summed E-state index contributed by atoms with van der Waals surface area (Å²) in [6.45, 7) is 2.97. The monoisotopic (exact) mass is 388 g/mol. The standard InChI is InChI=1S/C21H24N2O3.ClH/c1-15-7-5-6-10-19(15)20(16-8-3-2-4-9-16)23-26-14-18-12-11-17(13-22-18)21(24)25;/h2-10,17-18,22H,11-14H2,1H3,(H,24,25);1H/b23-20-;/t17-,18-;/m1./s1. The lowest BCUT2D eigenvalue weighted by Gasteiger charge is -2.26. The number of aryl methyl sites for hydroxylation is 1. The molecule has 1 saturated heterocycles. The van der Waals surface area contributed by atoms with Crippen molar-refractivity contribution in [2.75, 3.05) is 13.2 Å². The molecule has 1 fully saturated rings. The molecule has 2 aromatic rings. The van der Waals surface area contributed by atoms with E-state index in [2.05, 4.69) is 23.5 Å². The van der Waals surface area contributed by atoms with Crippen molar-refractivity contribution in [3.05, 3.63) is 71.3 Å². The number of benzene rings is 2. The Balaban J connectivity index is 0.00000261. The normalized spacial score (nSPS) is 19.8. The molecule has 0 bridgehead atoms. The maximum atomic E-state index is 11.0. The van der Waals surface area contributed by atoms with Gasteiger partial charge in [-0.25, -0.2) is 0 Å². The Hall–Kier alpha value is -2.37. The quantitative estimate of drug-likeness (QED) is 0.585. The van der Waals surface area contributed by atoms with Gasteiger partial charge in [0.2, 0.25) is 0 Å². The number of hydrogen-bond acceptors (Lipinski definition) is 4. The van der Waals surface area contributed by atoms with Crippen LogP contribution in [0.5, 0.6) is 0 Å². The second-order valence-corrected chi connectivity index (χ2v) is 6.63. The predicted octanol–water partition coefficient (Wildman–Crippen LogP) is 3.64. The minimum absolute atomic E-state index is 0. The highest BCUT2D eigenvalue weighted by atomic mass is 35.5. The topological polar surface area (TPSA) is 70.9 Å². The van der Waals surface area contributed by atoms with E-state index in [0.717, 1.165) is 28.8 Å². The summed E-state index contributed by atoms with van der Waals surface area (Å²) in [4.78, 5) is 16.7. The molecule has 3 rings (SSSR count). The molecule has 27 heavy (non-hydrogen) atoms. The van der Waals surface area contributed by atoms with E-state index < -0.39 is 5.97 Å². The van der Waals surface area contributed by atoms with Crippen molar-refractivity contribution >= 4 is 24.1 Å². The van der Waals surface area contributed by atoms with Crippen LogP contribution in [-0.4, -0.2) is 36.0 Å². The van der Waals surface area contributed by atoms with E-state index in [0.29, 0.717) is 19.6 Å². The van der Waals surface area contributed by atoms with Crippen molar-refractivity contribution in [2.24, 2.45) is 11.1 Å². The summed E-state index contributed by atoms with van der Waals surface area (Å²) in [5, 5.41) is 16.7. The number of nitrogens with zero attached hydrogens (tertiary/aromatic N) is 1. The Morgan fingerprint density at radius 3 is 2.48 bits per heavy atom. The fourth-order valence-electron chi connectivity index (χ4n) is 3.15. The maximum absolute atomic E-state index is 11.0. The summed E-state index contributed by atoms with van der Waals surface area (Å²) in [6, 6.07) is 18.2. The molecule has 1 aliphatic rings. The van der Waals surface area contributed by atoms with E-state index in [1.807, 2.05) is 48.5 Å². The average Bonchev–Trinajstić information content (AvgIpc) is 2.67. The van der Waals surface area contributed by atoms with Crippen molar-refractivity contribution in [1.29, 1.82) is 0 Å². The number of hydrogen-bond donors (Lipinski definition) is 2. The molecule has 0 radical (unpaired) electrons. The van der Waals surface area contributed by atoms with Crippen molar-refractivity contribution in [2.45, 2.75) is 25.8 Å². The minimum Gasteiger partial charge on any atom is -0.481 e. The van der Waals surface area contributed by atoms with Gasteiger partial charge in [-0.05, 0) is 25.3 Å². The van der Waals surface area contributed by atoms with Crippen LogP contribution in [0.25, 0.3) is 0 Å². The van der Waals surface area contributed by atoms with Gasteiger partial charge in [0.15, 0.2) is 0 Å². The Morgan fingerprint density at radius 1 is 1.15 bits per heavy atom. The fourth-order valence-corrected chi connectivity index (χ4v) is 3.15. The highest BCUT2D eigenvalue weighted by molar-refractivity contribution is 6.13. The molecule has 1 heterocycles. The maximum Gasteiger partial charge on any atom is 0.307 e. The zero-order valence-corrected chi connectivity index (χ0v) is 16.1. The molecule has 2 atom stereocenters. The first-order valence-corrected chi connectivity index (χ1v) is 8.92. The van der Waals surface area contributed by atoms with E-state index in [-0.39, 0.29) is 24.4 Å². The smallest absolute Gasteiger partial charge is 0.307 e. The summed E-state index contributed by atoms with van der Waals surface area (Å²) in [7, 11) is 0. The first kappa shape index (κ1) is 20.9. The van der Waals surface area contributed by atoms with Gasteiger partial charge in [0.1, 0.15) is 12.3 Å². The van der Waals surface area contributed by atoms with Crippen molar-refractivity contribution < 1.29 is 14.7 Å². The number of halogens is 1. The number of nitrogens with one attached hydrogen (secondary N) is 1. The first-order chi connectivity index (χ1) is 12.6. The molecule has 0 aromatic heterocycles. The number of aliphatic carboxylic acids is 1. The second kappa shape index (κ2) is 10.1. The minimum atomic E-state index is -0.735. The average molecular weight is 389 g/mol. The van der Waals surface area contributed by atoms with Crippen LogP contribution in [0.2, 0.25) is 0 Å². The Morgan fingerprint density at radius 2 is 1.85 bits per heavy atom. The van der Waals surface area contributed by atoms with Crippen LogP contribution in [0, 0.1) is 12.8 Å². The van der Waals surface area contributed by atoms with E-state index in [1.54, 1.807) is 0 Å². The van der Waals surface area contributed by atoms with Crippen LogP contribution >= 0.6 is 12.4 Å². The van der Waals surface area contributed by atoms with E-state index in [1.165, 1.54) is 0 Å². The molecule has 0 spiro atoms. The molecule has 2 N–H and O–H groups in total. The largest absolute Gasteiger partial charge is 0.481 e. The summed E-state index contributed by atoms with van der Waals surface area (Å²) < 4.78 is 0. The molecule has 5 nitrogen and oxygen atoms in total. The van der Waals surface area contributed by atoms with Gasteiger partial charge in [-0.2, -0.15) is 0 Å². The van der Waals surface area contributed by atoms with Crippen molar-refractivity contribution in [3.8, 4) is 0 Å². The predicted molar refractivity (Wildman–Crippen MR) is 109 cm³/mol. The molecule has 2 aromatic carbocycles. The molecule has 0 amide bonds. The summed E-state index contributed by atoms with van der Waals surface area (Å²) in [6.07, 6.45) is 1.45. The zero-order chi connectivity index (χ0) is 18.4. The van der Waals surface area contributed by atoms with Gasteiger partial charge in [0, 0.05) is 23.7 Å². The van der Waals surface area contributed by atoms with Crippen LogP contribution in [0.15, 0.2) is 59.8 Å². The first-order valence-electron chi connectivity index (χ1n) is 8.92. The molecular formula is C21H25ClN2O3. The lowest BCUT2D eigenvalue weighted by atomic mass is 9.95. The van der Waals surface area contributed by atoms with Crippen LogP contribution in [-0.2, 0) is 9.63 Å². The molecule has 0 saturated carbocycles. The summed E-state index contributed by atoms with van der Waals surface area (Å²) >= 11 is 0. The third kappa shape index (κ3) is 5.55. The van der Waals surface area contributed by atoms with Gasteiger partial charge in [0.25, 0.3) is 0 Å². The van der Waals surface area contributed by atoms with E-state index in [4.69, 9.17) is 9.94 Å². The summed E-state index contributed by atoms with van der Waals surface area (Å²) in [5.74, 6) is -1.04. The number of carboxylic acid groups (broad SMARTS) is 1. The highest BCUT2D eigenvalue weighted by Crippen LogP contribution is 2.17. The van der Waals surface area contributed by atoms with Crippen LogP contribution in [0.3, 0.4) is 0 Å². The third-order valence-electron chi connectivity index (χ3n) is 4.74. The highest BCUT2D eigenvalue weighted by Gasteiger charge is 2.25. The number of rotatable bonds is 6. The van der Waals surface area contributed by atoms with Crippen LogP contribution in [0.4, 0.5) is 0 Å². The van der Waals surface area contributed by atoms with Crippen molar-refractivity contribution in [1.82, 2.24) is 5.32 Å². The number of carbonyl (C=O) groups is 1. The third-order valence-corrected chi connectivity index (χ3v) is 4.74. The zero-order valence-electron chi connectivity index (χ0n) is 15.3. The molecule has 0 unspecified atom stereocenters. The number of oxime groups is 1. The Labute approximate surface area is 165 Å². The summed E-state index contributed by atoms with van der Waals surface area (Å²) in [5.41, 5.74) is 3.99. The fraction of sp³-hybridized carbons (Fsp3) is 0.333. The van der Waals surface area contributed by atoms with Gasteiger partial charge in [-0.15, -0.1) is 12.4 Å². The van der Waals surface area contributed by atoms with E-state index in [9.17, 15) is 4.79 Å². The molecule has 1 aliphatic heterocycles. The molecular weight excluding hydrogens is 364 g/mol. The van der Waals surface area contributed by atoms with Crippen LogP contribution in [0.1, 0.15) is 29.5 Å². The molecule has 144 valence electrons. The lowest BCUT2D eigenvalue weighted by Crippen LogP contribution is -2.43. The van der Waals surface area contributed by atoms with Crippen LogP contribution < -0.4 is 5.32 Å². The second-order valence-electron chi connectivity index (χ2n) is 6.63. The van der Waals surface area contributed by atoms with Gasteiger partial charge in [-0.3, -0.25) is 4.79 Å². The Bertz CT molecular complexity index is 772. The van der Waals surface area contributed by atoms with Gasteiger partial charge < -0.3 is 15.3 Å². The number of piperidine rings is 1. The Kier molecular flexibility index (Phi) is 7.82. The van der Waals surface area contributed by atoms with Gasteiger partial charge in [-0.1, -0.05) is 59.8 Å². The van der Waals surface area contributed by atoms with Gasteiger partial charge >= 0.3 is 5.97 Å². The van der Waals surface area contributed by atoms with E-state index >= 15 is 0 Å². The SMILES string of the molecule is Cc1ccccc1/C(=N\OC[C@H]1CC[C@@H](C(=O)O)CN1)c1ccccc1.Cl. The van der Waals surface area contributed by atoms with Gasteiger partial charge in [0.05, 0.1) is 5.92 Å².